The first kappa shape index (κ1) is 24.3. The SMILES string of the molecule is CCCn1c(N)c(N2CCCCC2)c(=O)n(CC(=O)Nc2ccc3c(c2)OC2(CCCCC2)O3)c1=O. The molecule has 10 heteroatoms. The lowest BCUT2D eigenvalue weighted by Crippen LogP contribution is -2.47. The maximum Gasteiger partial charge on any atom is 0.333 e. The average Bonchev–Trinajstić information content (AvgIpc) is 3.22. The van der Waals surface area contributed by atoms with Crippen LogP contribution in [-0.2, 0) is 17.9 Å². The Morgan fingerprint density at radius 1 is 1.00 bits per heavy atom. The van der Waals surface area contributed by atoms with Crippen LogP contribution in [0, 0.1) is 0 Å². The maximum absolute atomic E-state index is 13.4. The molecule has 1 amide bonds. The molecule has 1 aromatic carbocycles. The highest BCUT2D eigenvalue weighted by Gasteiger charge is 2.42. The zero-order valence-corrected chi connectivity index (χ0v) is 20.9. The Kier molecular flexibility index (Phi) is 6.68. The first-order valence-corrected chi connectivity index (χ1v) is 13.1. The summed E-state index contributed by atoms with van der Waals surface area (Å²) in [5.41, 5.74) is 6.06. The van der Waals surface area contributed by atoms with Crippen LogP contribution in [0.5, 0.6) is 11.5 Å². The third-order valence-corrected chi connectivity index (χ3v) is 7.30. The number of carbonyl (C=O) groups is 1. The quantitative estimate of drug-likeness (QED) is 0.629. The Labute approximate surface area is 210 Å². The lowest BCUT2D eigenvalue weighted by atomic mass is 9.94. The number of nitrogens with two attached hydrogens (primary N) is 1. The molecule has 2 aromatic rings. The summed E-state index contributed by atoms with van der Waals surface area (Å²) in [6.45, 7) is 3.31. The maximum atomic E-state index is 13.4. The van der Waals surface area contributed by atoms with E-state index in [1.54, 1.807) is 18.2 Å². The Morgan fingerprint density at radius 3 is 2.42 bits per heavy atom. The predicted octanol–water partition coefficient (Wildman–Crippen LogP) is 3.06. The fourth-order valence-corrected chi connectivity index (χ4v) is 5.50. The second-order valence-electron chi connectivity index (χ2n) is 9.99. The normalized spacial score (nSPS) is 18.4. The molecule has 194 valence electrons. The van der Waals surface area contributed by atoms with E-state index in [-0.39, 0.29) is 5.82 Å². The van der Waals surface area contributed by atoms with Crippen molar-refractivity contribution in [2.45, 2.75) is 83.6 Å². The minimum Gasteiger partial charge on any atom is -0.448 e. The number of nitrogen functional groups attached to an aromatic ring is 1. The van der Waals surface area contributed by atoms with Gasteiger partial charge in [-0.1, -0.05) is 13.3 Å². The van der Waals surface area contributed by atoms with E-state index in [4.69, 9.17) is 15.2 Å². The van der Waals surface area contributed by atoms with E-state index in [1.165, 1.54) is 11.0 Å². The van der Waals surface area contributed by atoms with E-state index >= 15 is 0 Å². The molecule has 1 saturated carbocycles. The van der Waals surface area contributed by atoms with Gasteiger partial charge in [0, 0.05) is 44.2 Å². The Balaban J connectivity index is 1.38. The molecule has 0 bridgehead atoms. The first-order valence-electron chi connectivity index (χ1n) is 13.1. The molecule has 2 aliphatic heterocycles. The van der Waals surface area contributed by atoms with Gasteiger partial charge in [0.25, 0.3) is 11.3 Å². The molecule has 3 aliphatic rings. The number of aromatic nitrogens is 2. The number of ether oxygens (including phenoxy) is 2. The molecule has 0 radical (unpaired) electrons. The number of nitrogens with one attached hydrogen (secondary N) is 1. The fourth-order valence-electron chi connectivity index (χ4n) is 5.50. The van der Waals surface area contributed by atoms with Crippen molar-refractivity contribution in [3.05, 3.63) is 39.0 Å². The van der Waals surface area contributed by atoms with E-state index in [1.807, 2.05) is 11.8 Å². The number of fused-ring (bicyclic) bond motifs is 1. The van der Waals surface area contributed by atoms with E-state index in [0.717, 1.165) is 49.5 Å². The van der Waals surface area contributed by atoms with E-state index in [2.05, 4.69) is 5.32 Å². The van der Waals surface area contributed by atoms with Crippen molar-refractivity contribution in [3.63, 3.8) is 0 Å². The third kappa shape index (κ3) is 4.56. The molecule has 36 heavy (non-hydrogen) atoms. The fraction of sp³-hybridized carbons (Fsp3) is 0.577. The van der Waals surface area contributed by atoms with Crippen LogP contribution in [0.1, 0.15) is 64.7 Å². The Morgan fingerprint density at radius 2 is 1.69 bits per heavy atom. The summed E-state index contributed by atoms with van der Waals surface area (Å²) in [5.74, 6) is 0.362. The predicted molar refractivity (Wildman–Crippen MR) is 138 cm³/mol. The van der Waals surface area contributed by atoms with Gasteiger partial charge in [-0.3, -0.25) is 14.2 Å². The van der Waals surface area contributed by atoms with Crippen LogP contribution < -0.4 is 36.7 Å². The molecule has 2 fully saturated rings. The van der Waals surface area contributed by atoms with E-state index in [9.17, 15) is 14.4 Å². The highest BCUT2D eigenvalue weighted by molar-refractivity contribution is 5.91. The molecule has 1 aliphatic carbocycles. The summed E-state index contributed by atoms with van der Waals surface area (Å²) in [7, 11) is 0. The van der Waals surface area contributed by atoms with Gasteiger partial charge in [0.15, 0.2) is 11.5 Å². The van der Waals surface area contributed by atoms with Gasteiger partial charge in [-0.15, -0.1) is 0 Å². The van der Waals surface area contributed by atoms with E-state index < -0.39 is 29.5 Å². The summed E-state index contributed by atoms with van der Waals surface area (Å²) in [6, 6.07) is 5.26. The van der Waals surface area contributed by atoms with Crippen molar-refractivity contribution >= 4 is 23.1 Å². The molecule has 0 atom stereocenters. The smallest absolute Gasteiger partial charge is 0.333 e. The molecule has 3 heterocycles. The highest BCUT2D eigenvalue weighted by atomic mass is 16.7. The van der Waals surface area contributed by atoms with Crippen LogP contribution in [0.3, 0.4) is 0 Å². The number of rotatable bonds is 6. The molecule has 1 aromatic heterocycles. The monoisotopic (exact) mass is 497 g/mol. The summed E-state index contributed by atoms with van der Waals surface area (Å²) in [4.78, 5) is 41.5. The molecule has 3 N–H and O–H groups in total. The Hall–Kier alpha value is -3.43. The minimum absolute atomic E-state index is 0.179. The largest absolute Gasteiger partial charge is 0.448 e. The number of hydrogen-bond acceptors (Lipinski definition) is 7. The number of hydrogen-bond donors (Lipinski definition) is 2. The number of benzene rings is 1. The highest BCUT2D eigenvalue weighted by Crippen LogP contribution is 2.46. The second-order valence-corrected chi connectivity index (χ2v) is 9.99. The molecule has 1 saturated heterocycles. The lowest BCUT2D eigenvalue weighted by Gasteiger charge is -2.31. The van der Waals surface area contributed by atoms with Crippen molar-refractivity contribution in [1.82, 2.24) is 9.13 Å². The van der Waals surface area contributed by atoms with Crippen LogP contribution >= 0.6 is 0 Å². The molecule has 10 nitrogen and oxygen atoms in total. The van der Waals surface area contributed by atoms with Crippen LogP contribution in [0.15, 0.2) is 27.8 Å². The molecular weight excluding hydrogens is 462 g/mol. The Bertz CT molecular complexity index is 1250. The van der Waals surface area contributed by atoms with Crippen molar-refractivity contribution < 1.29 is 14.3 Å². The summed E-state index contributed by atoms with van der Waals surface area (Å²) >= 11 is 0. The second kappa shape index (κ2) is 9.91. The van der Waals surface area contributed by atoms with Gasteiger partial charge < -0.3 is 25.4 Å². The van der Waals surface area contributed by atoms with Gasteiger partial charge in [0.05, 0.1) is 0 Å². The summed E-state index contributed by atoms with van der Waals surface area (Å²) in [5, 5.41) is 2.80. The molecule has 0 unspecified atom stereocenters. The van der Waals surface area contributed by atoms with Crippen molar-refractivity contribution in [1.29, 1.82) is 0 Å². The standard InChI is InChI=1S/C26H35N5O5/c1-2-13-30-23(27)22(29-14-7-4-8-15-29)24(33)31(25(30)34)17-21(32)28-18-9-10-19-20(16-18)36-26(35-19)11-5-3-6-12-26/h9-10,16H,2-8,11-15,17,27H2,1H3,(H,28,32). The molecule has 1 spiro atoms. The summed E-state index contributed by atoms with van der Waals surface area (Å²) in [6.07, 6.45) is 8.65. The first-order chi connectivity index (χ1) is 17.4. The van der Waals surface area contributed by atoms with Crippen LogP contribution in [-0.4, -0.2) is 33.9 Å². The van der Waals surface area contributed by atoms with Crippen molar-refractivity contribution in [2.24, 2.45) is 0 Å². The zero-order chi connectivity index (χ0) is 25.3. The number of carbonyl (C=O) groups excluding carboxylic acids is 1. The van der Waals surface area contributed by atoms with Gasteiger partial charge in [-0.25, -0.2) is 9.36 Å². The average molecular weight is 498 g/mol. The van der Waals surface area contributed by atoms with Gasteiger partial charge in [-0.05, 0) is 50.7 Å². The topological polar surface area (TPSA) is 121 Å². The summed E-state index contributed by atoms with van der Waals surface area (Å²) < 4.78 is 14.7. The lowest BCUT2D eigenvalue weighted by molar-refractivity contribution is -0.116. The van der Waals surface area contributed by atoms with Crippen molar-refractivity contribution in [3.8, 4) is 11.5 Å². The molecular formula is C26H35N5O5. The number of piperidine rings is 1. The van der Waals surface area contributed by atoms with Crippen LogP contribution in [0.25, 0.3) is 0 Å². The number of anilines is 3. The van der Waals surface area contributed by atoms with Crippen LogP contribution in [0.4, 0.5) is 17.2 Å². The van der Waals surface area contributed by atoms with Gasteiger partial charge in [0.1, 0.15) is 18.1 Å². The van der Waals surface area contributed by atoms with Crippen molar-refractivity contribution in [2.75, 3.05) is 29.0 Å². The number of amides is 1. The van der Waals surface area contributed by atoms with Gasteiger partial charge in [-0.2, -0.15) is 0 Å². The zero-order valence-electron chi connectivity index (χ0n) is 20.9. The van der Waals surface area contributed by atoms with E-state index in [0.29, 0.717) is 48.9 Å². The minimum atomic E-state index is -0.601. The molecule has 5 rings (SSSR count). The van der Waals surface area contributed by atoms with Gasteiger partial charge >= 0.3 is 5.69 Å². The number of nitrogens with zero attached hydrogens (tertiary/aromatic N) is 3. The van der Waals surface area contributed by atoms with Gasteiger partial charge in [0.2, 0.25) is 5.91 Å². The van der Waals surface area contributed by atoms with Crippen LogP contribution in [0.2, 0.25) is 0 Å². The third-order valence-electron chi connectivity index (χ3n) is 7.30.